The van der Waals surface area contributed by atoms with Crippen LogP contribution in [0.15, 0.2) is 12.1 Å². The molecule has 88 valence electrons. The molecule has 1 aliphatic rings. The zero-order valence-corrected chi connectivity index (χ0v) is 10.8. The molecule has 3 nitrogen and oxygen atoms in total. The summed E-state index contributed by atoms with van der Waals surface area (Å²) in [5.74, 6) is 0.738. The molecule has 0 unspecified atom stereocenters. The van der Waals surface area contributed by atoms with E-state index in [-0.39, 0.29) is 0 Å². The molecule has 1 saturated carbocycles. The maximum atomic E-state index is 6.01. The van der Waals surface area contributed by atoms with E-state index in [2.05, 4.69) is 17.7 Å². The molecule has 0 spiro atoms. The first-order valence-corrected chi connectivity index (χ1v) is 6.60. The Kier molecular flexibility index (Phi) is 2.93. The molecule has 0 heterocycles. The molecule has 0 atom stereocenters. The van der Waals surface area contributed by atoms with Crippen LogP contribution in [0, 0.1) is 0 Å². The summed E-state index contributed by atoms with van der Waals surface area (Å²) in [6.45, 7) is 2.27. The third-order valence-corrected chi connectivity index (χ3v) is 3.65. The molecule has 1 aromatic rings. The molecule has 1 fully saturated rings. The molecule has 16 heavy (non-hydrogen) atoms. The number of nitrogens with two attached hydrogens (primary N) is 1. The molecule has 1 aliphatic carbocycles. The summed E-state index contributed by atoms with van der Waals surface area (Å²) in [6.07, 6.45) is 4.48. The van der Waals surface area contributed by atoms with Crippen molar-refractivity contribution in [3.63, 3.8) is 0 Å². The van der Waals surface area contributed by atoms with E-state index < -0.39 is 0 Å². The molecule has 0 aliphatic heterocycles. The Labute approximate surface area is 101 Å². The van der Waals surface area contributed by atoms with E-state index in [0.717, 1.165) is 11.4 Å². The summed E-state index contributed by atoms with van der Waals surface area (Å²) in [5, 5.41) is 0. The first-order valence-electron chi connectivity index (χ1n) is 5.38. The van der Waals surface area contributed by atoms with Gasteiger partial charge in [0.1, 0.15) is 0 Å². The number of hydrogen-bond acceptors (Lipinski definition) is 4. The van der Waals surface area contributed by atoms with Gasteiger partial charge in [0.2, 0.25) is 0 Å². The van der Waals surface area contributed by atoms with E-state index in [4.69, 9.17) is 10.5 Å². The molecule has 1 aromatic carbocycles. The summed E-state index contributed by atoms with van der Waals surface area (Å²) < 4.78 is 8.54. The fraction of sp³-hybridized carbons (Fsp3) is 0.500. The van der Waals surface area contributed by atoms with Gasteiger partial charge >= 0.3 is 0 Å². The van der Waals surface area contributed by atoms with Gasteiger partial charge in [0.25, 0.3) is 0 Å². The van der Waals surface area contributed by atoms with Crippen LogP contribution in [-0.2, 0) is 5.41 Å². The van der Waals surface area contributed by atoms with E-state index >= 15 is 0 Å². The van der Waals surface area contributed by atoms with Crippen LogP contribution in [0.2, 0.25) is 0 Å². The average molecular weight is 238 g/mol. The molecule has 0 saturated heterocycles. The summed E-state index contributed by atoms with van der Waals surface area (Å²) in [7, 11) is 1.65. The lowest BCUT2D eigenvalue weighted by Crippen LogP contribution is -2.04. The van der Waals surface area contributed by atoms with Gasteiger partial charge in [-0.25, -0.2) is 0 Å². The van der Waals surface area contributed by atoms with Crippen LogP contribution in [0.5, 0.6) is 5.75 Å². The van der Waals surface area contributed by atoms with Gasteiger partial charge in [0, 0.05) is 6.26 Å². The van der Waals surface area contributed by atoms with E-state index in [0.29, 0.717) is 11.1 Å². The number of hydrogen-bond donors (Lipinski definition) is 2. The Morgan fingerprint density at radius 2 is 2.12 bits per heavy atom. The van der Waals surface area contributed by atoms with Gasteiger partial charge in [0.15, 0.2) is 5.75 Å². The minimum Gasteiger partial charge on any atom is -0.492 e. The minimum absolute atomic E-state index is 0.329. The molecule has 3 N–H and O–H groups in total. The van der Waals surface area contributed by atoms with Gasteiger partial charge in [-0.1, -0.05) is 18.9 Å². The topological polar surface area (TPSA) is 47.3 Å². The molecule has 2 rings (SSSR count). The third-order valence-electron chi connectivity index (χ3n) is 3.23. The largest absolute Gasteiger partial charge is 0.492 e. The monoisotopic (exact) mass is 238 g/mol. The molecule has 0 amide bonds. The number of nitrogens with one attached hydrogen (secondary N) is 1. The van der Waals surface area contributed by atoms with Crippen molar-refractivity contribution < 1.29 is 4.74 Å². The van der Waals surface area contributed by atoms with Gasteiger partial charge in [-0.2, -0.15) is 0 Å². The Morgan fingerprint density at radius 1 is 1.44 bits per heavy atom. The van der Waals surface area contributed by atoms with Crippen molar-refractivity contribution in [3.8, 4) is 5.75 Å². The summed E-state index contributed by atoms with van der Waals surface area (Å²) in [4.78, 5) is 0. The Bertz CT molecular complexity index is 402. The van der Waals surface area contributed by atoms with Crippen LogP contribution in [-0.4, -0.2) is 13.4 Å². The first-order chi connectivity index (χ1) is 7.60. The lowest BCUT2D eigenvalue weighted by Gasteiger charge is -2.16. The van der Waals surface area contributed by atoms with Crippen LogP contribution >= 0.6 is 11.9 Å². The van der Waals surface area contributed by atoms with Crippen LogP contribution in [0.25, 0.3) is 0 Å². The zero-order valence-electron chi connectivity index (χ0n) is 9.96. The fourth-order valence-electron chi connectivity index (χ4n) is 1.89. The van der Waals surface area contributed by atoms with Crippen LogP contribution in [0.3, 0.4) is 0 Å². The van der Waals surface area contributed by atoms with Crippen LogP contribution in [0.1, 0.15) is 25.3 Å². The van der Waals surface area contributed by atoms with Crippen molar-refractivity contribution in [2.45, 2.75) is 25.2 Å². The van der Waals surface area contributed by atoms with Gasteiger partial charge in [-0.15, -0.1) is 0 Å². The molecule has 0 aromatic heterocycles. The van der Waals surface area contributed by atoms with Crippen molar-refractivity contribution in [3.05, 3.63) is 17.7 Å². The van der Waals surface area contributed by atoms with Crippen molar-refractivity contribution in [1.29, 1.82) is 0 Å². The summed E-state index contributed by atoms with van der Waals surface area (Å²) >= 11 is 1.55. The second kappa shape index (κ2) is 4.09. The number of anilines is 2. The third kappa shape index (κ3) is 1.94. The summed E-state index contributed by atoms with van der Waals surface area (Å²) in [5.41, 5.74) is 9.33. The highest BCUT2D eigenvalue weighted by Crippen LogP contribution is 2.50. The smallest absolute Gasteiger partial charge is 0.165 e. The minimum atomic E-state index is 0.329. The first kappa shape index (κ1) is 11.5. The molecule has 0 radical (unpaired) electrons. The summed E-state index contributed by atoms with van der Waals surface area (Å²) in [6, 6.07) is 4.19. The van der Waals surface area contributed by atoms with Crippen molar-refractivity contribution in [2.75, 3.05) is 23.8 Å². The van der Waals surface area contributed by atoms with Gasteiger partial charge in [0.05, 0.1) is 18.5 Å². The van der Waals surface area contributed by atoms with Gasteiger partial charge in [-0.3, -0.25) is 0 Å². The molecular weight excluding hydrogens is 220 g/mol. The predicted octanol–water partition coefficient (Wildman–Crippen LogP) is 3.02. The standard InChI is InChI=1S/C12H18N2OS/c1-12(4-5-12)8-6-9(13)11(15-2)10(7-8)14-16-3/h6-7,14H,4-5,13H2,1-3H3. The number of benzene rings is 1. The highest BCUT2D eigenvalue weighted by Gasteiger charge is 2.39. The molecule has 4 heteroatoms. The lowest BCUT2D eigenvalue weighted by molar-refractivity contribution is 0.419. The number of nitrogen functional groups attached to an aromatic ring is 1. The second-order valence-electron chi connectivity index (χ2n) is 4.51. The maximum absolute atomic E-state index is 6.01. The number of ether oxygens (including phenoxy) is 1. The van der Waals surface area contributed by atoms with Crippen molar-refractivity contribution >= 4 is 23.3 Å². The van der Waals surface area contributed by atoms with Crippen LogP contribution < -0.4 is 15.2 Å². The second-order valence-corrected chi connectivity index (χ2v) is 5.13. The Hall–Kier alpha value is -1.03. The van der Waals surface area contributed by atoms with Crippen LogP contribution in [0.4, 0.5) is 11.4 Å². The van der Waals surface area contributed by atoms with Gasteiger partial charge in [-0.05, 0) is 36.0 Å². The molecular formula is C12H18N2OS. The number of rotatable bonds is 4. The lowest BCUT2D eigenvalue weighted by atomic mass is 9.97. The predicted molar refractivity (Wildman–Crippen MR) is 71.1 cm³/mol. The zero-order chi connectivity index (χ0) is 11.8. The number of methoxy groups -OCH3 is 1. The van der Waals surface area contributed by atoms with Crippen molar-refractivity contribution in [1.82, 2.24) is 0 Å². The Morgan fingerprint density at radius 3 is 2.62 bits per heavy atom. The van der Waals surface area contributed by atoms with E-state index in [9.17, 15) is 0 Å². The fourth-order valence-corrected chi connectivity index (χ4v) is 2.26. The highest BCUT2D eigenvalue weighted by molar-refractivity contribution is 7.99. The van der Waals surface area contributed by atoms with Gasteiger partial charge < -0.3 is 15.2 Å². The SMILES string of the molecule is COc1c(N)cc(C2(C)CC2)cc1NSC. The highest BCUT2D eigenvalue weighted by atomic mass is 32.2. The van der Waals surface area contributed by atoms with E-state index in [1.165, 1.54) is 18.4 Å². The Balaban J connectivity index is 2.43. The quantitative estimate of drug-likeness (QED) is 0.625. The van der Waals surface area contributed by atoms with E-state index in [1.54, 1.807) is 19.1 Å². The van der Waals surface area contributed by atoms with Crippen molar-refractivity contribution in [2.24, 2.45) is 0 Å². The van der Waals surface area contributed by atoms with E-state index in [1.807, 2.05) is 12.3 Å². The molecule has 0 bridgehead atoms. The average Bonchev–Trinajstić information content (AvgIpc) is 2.98. The normalized spacial score (nSPS) is 16.9. The maximum Gasteiger partial charge on any atom is 0.165 e.